The van der Waals surface area contributed by atoms with Crippen LogP contribution in [-0.2, 0) is 20.5 Å². The lowest BCUT2D eigenvalue weighted by molar-refractivity contribution is -0.148. The number of hydrogen-bond acceptors (Lipinski definition) is 3. The maximum atomic E-state index is 14.1. The van der Waals surface area contributed by atoms with Crippen LogP contribution < -0.4 is 5.32 Å². The molecule has 2 atom stereocenters. The molecule has 1 N–H and O–H groups in total. The first kappa shape index (κ1) is 19.5. The lowest BCUT2D eigenvalue weighted by Crippen LogP contribution is -2.46. The zero-order valence-corrected chi connectivity index (χ0v) is 12.9. The third kappa shape index (κ3) is 5.91. The first-order valence-corrected chi connectivity index (χ1v) is 6.91. The van der Waals surface area contributed by atoms with Crippen molar-refractivity contribution < 1.29 is 31.9 Å². The predicted octanol–water partition coefficient (Wildman–Crippen LogP) is 2.46. The molecule has 4 nitrogen and oxygen atoms in total. The van der Waals surface area contributed by atoms with Crippen LogP contribution >= 0.6 is 0 Å². The van der Waals surface area contributed by atoms with E-state index in [0.717, 1.165) is 31.2 Å². The molecule has 1 amide bonds. The van der Waals surface area contributed by atoms with Gasteiger partial charge >= 0.3 is 12.1 Å². The second-order valence-corrected chi connectivity index (χ2v) is 4.68. The smallest absolute Gasteiger partial charge is 0.416 e. The zero-order valence-electron chi connectivity index (χ0n) is 12.9. The Labute approximate surface area is 136 Å². The van der Waals surface area contributed by atoms with Crippen LogP contribution in [0.2, 0.25) is 0 Å². The SMILES string of the molecule is CCOC(=O)[C@@H](NC(C)=O)[C@@H](F)C#Cc1ccc(C(F)(F)F)cc1. The van der Waals surface area contributed by atoms with Crippen molar-refractivity contribution in [3.05, 3.63) is 35.4 Å². The quantitative estimate of drug-likeness (QED) is 0.518. The van der Waals surface area contributed by atoms with Crippen LogP contribution in [-0.4, -0.2) is 30.7 Å². The molecule has 0 aliphatic heterocycles. The molecule has 1 rings (SSSR count). The topological polar surface area (TPSA) is 55.4 Å². The standard InChI is InChI=1S/C16H15F4NO3/c1-3-24-15(23)14(21-10(2)22)13(17)9-6-11-4-7-12(8-5-11)16(18,19)20/h4-5,7-8,13-14H,3H2,1-2H3,(H,21,22)/t13-,14-/m0/s1. The molecule has 0 radical (unpaired) electrons. The molecule has 0 aliphatic carbocycles. The molecule has 0 saturated carbocycles. The van der Waals surface area contributed by atoms with E-state index in [0.29, 0.717) is 0 Å². The van der Waals surface area contributed by atoms with E-state index in [1.807, 2.05) is 0 Å². The number of carbonyl (C=O) groups excluding carboxylic acids is 2. The first-order valence-electron chi connectivity index (χ1n) is 6.91. The number of hydrogen-bond donors (Lipinski definition) is 1. The molecular weight excluding hydrogens is 330 g/mol. The van der Waals surface area contributed by atoms with Crippen LogP contribution in [0.25, 0.3) is 0 Å². The molecule has 0 fully saturated rings. The fourth-order valence-corrected chi connectivity index (χ4v) is 1.68. The Morgan fingerprint density at radius 1 is 1.25 bits per heavy atom. The normalized spacial score (nSPS) is 13.2. The minimum atomic E-state index is -4.48. The van der Waals surface area contributed by atoms with E-state index in [1.165, 1.54) is 6.92 Å². The monoisotopic (exact) mass is 345 g/mol. The van der Waals surface area contributed by atoms with E-state index >= 15 is 0 Å². The number of esters is 1. The highest BCUT2D eigenvalue weighted by Crippen LogP contribution is 2.28. The van der Waals surface area contributed by atoms with Crippen LogP contribution in [0.15, 0.2) is 24.3 Å². The summed E-state index contributed by atoms with van der Waals surface area (Å²) in [7, 11) is 0. The summed E-state index contributed by atoms with van der Waals surface area (Å²) in [5.41, 5.74) is -0.719. The summed E-state index contributed by atoms with van der Waals surface area (Å²) in [6.07, 6.45) is -6.55. The molecule has 1 aromatic carbocycles. The highest BCUT2D eigenvalue weighted by molar-refractivity contribution is 5.84. The lowest BCUT2D eigenvalue weighted by Gasteiger charge is -2.16. The number of rotatable bonds is 4. The van der Waals surface area contributed by atoms with Crippen molar-refractivity contribution in [2.75, 3.05) is 6.61 Å². The molecule has 0 bridgehead atoms. The van der Waals surface area contributed by atoms with Gasteiger partial charge in [-0.1, -0.05) is 11.8 Å². The van der Waals surface area contributed by atoms with Crippen LogP contribution in [0, 0.1) is 11.8 Å². The van der Waals surface area contributed by atoms with E-state index in [4.69, 9.17) is 0 Å². The number of amides is 1. The molecule has 0 saturated heterocycles. The minimum Gasteiger partial charge on any atom is -0.464 e. The summed E-state index contributed by atoms with van der Waals surface area (Å²) in [5, 5.41) is 2.09. The summed E-state index contributed by atoms with van der Waals surface area (Å²) < 4.78 is 56.0. The van der Waals surface area contributed by atoms with Gasteiger partial charge < -0.3 is 10.1 Å². The zero-order chi connectivity index (χ0) is 18.3. The number of benzene rings is 1. The molecule has 0 spiro atoms. The highest BCUT2D eigenvalue weighted by atomic mass is 19.4. The van der Waals surface area contributed by atoms with Gasteiger partial charge in [0, 0.05) is 12.5 Å². The van der Waals surface area contributed by atoms with Gasteiger partial charge in [0.05, 0.1) is 12.2 Å². The second kappa shape index (κ2) is 8.34. The number of nitrogens with one attached hydrogen (secondary N) is 1. The Bertz CT molecular complexity index is 644. The highest BCUT2D eigenvalue weighted by Gasteiger charge is 2.30. The number of carbonyl (C=O) groups is 2. The van der Waals surface area contributed by atoms with Crippen LogP contribution in [0.3, 0.4) is 0 Å². The Morgan fingerprint density at radius 3 is 2.29 bits per heavy atom. The van der Waals surface area contributed by atoms with Crippen LogP contribution in [0.1, 0.15) is 25.0 Å². The lowest BCUT2D eigenvalue weighted by atomic mass is 10.1. The fraction of sp³-hybridized carbons (Fsp3) is 0.375. The van der Waals surface area contributed by atoms with Gasteiger partial charge in [-0.2, -0.15) is 13.2 Å². The average molecular weight is 345 g/mol. The largest absolute Gasteiger partial charge is 0.464 e. The maximum absolute atomic E-state index is 14.1. The molecule has 130 valence electrons. The third-order valence-electron chi connectivity index (χ3n) is 2.76. The Balaban J connectivity index is 2.91. The van der Waals surface area contributed by atoms with E-state index in [-0.39, 0.29) is 12.2 Å². The fourth-order valence-electron chi connectivity index (χ4n) is 1.68. The van der Waals surface area contributed by atoms with E-state index in [1.54, 1.807) is 0 Å². The van der Waals surface area contributed by atoms with Gasteiger partial charge in [-0.05, 0) is 31.2 Å². The van der Waals surface area contributed by atoms with E-state index in [2.05, 4.69) is 21.9 Å². The first-order chi connectivity index (χ1) is 11.1. The molecular formula is C16H15F4NO3. The van der Waals surface area contributed by atoms with Crippen molar-refractivity contribution >= 4 is 11.9 Å². The molecule has 0 unspecified atom stereocenters. The number of alkyl halides is 4. The molecule has 8 heteroatoms. The summed E-state index contributed by atoms with van der Waals surface area (Å²) in [5.74, 6) is 2.78. The van der Waals surface area contributed by atoms with Gasteiger partial charge in [-0.25, -0.2) is 9.18 Å². The van der Waals surface area contributed by atoms with Crippen molar-refractivity contribution in [1.82, 2.24) is 5.32 Å². The predicted molar refractivity (Wildman–Crippen MR) is 77.5 cm³/mol. The van der Waals surface area contributed by atoms with Gasteiger partial charge in [0.2, 0.25) is 5.91 Å². The van der Waals surface area contributed by atoms with Crippen molar-refractivity contribution in [2.45, 2.75) is 32.2 Å². The summed E-state index contributed by atoms with van der Waals surface area (Å²) >= 11 is 0. The van der Waals surface area contributed by atoms with Gasteiger partial charge in [-0.15, -0.1) is 0 Å². The maximum Gasteiger partial charge on any atom is 0.416 e. The summed E-state index contributed by atoms with van der Waals surface area (Å²) in [6, 6.07) is 2.19. The minimum absolute atomic E-state index is 0.00598. The summed E-state index contributed by atoms with van der Waals surface area (Å²) in [4.78, 5) is 22.6. The average Bonchev–Trinajstić information content (AvgIpc) is 2.50. The van der Waals surface area contributed by atoms with Crippen molar-refractivity contribution in [3.8, 4) is 11.8 Å². The Morgan fingerprint density at radius 2 is 1.83 bits per heavy atom. The van der Waals surface area contributed by atoms with Gasteiger partial charge in [-0.3, -0.25) is 4.79 Å². The summed E-state index contributed by atoms with van der Waals surface area (Å²) in [6.45, 7) is 2.61. The molecule has 1 aromatic rings. The van der Waals surface area contributed by atoms with Gasteiger partial charge in [0.15, 0.2) is 12.2 Å². The number of halogens is 4. The molecule has 24 heavy (non-hydrogen) atoms. The van der Waals surface area contributed by atoms with Gasteiger partial charge in [0.1, 0.15) is 0 Å². The second-order valence-electron chi connectivity index (χ2n) is 4.68. The van der Waals surface area contributed by atoms with E-state index in [9.17, 15) is 27.2 Å². The van der Waals surface area contributed by atoms with Crippen molar-refractivity contribution in [2.24, 2.45) is 0 Å². The van der Waals surface area contributed by atoms with Crippen LogP contribution in [0.5, 0.6) is 0 Å². The Hall–Kier alpha value is -2.56. The number of ether oxygens (including phenoxy) is 1. The van der Waals surface area contributed by atoms with Crippen LogP contribution in [0.4, 0.5) is 17.6 Å². The third-order valence-corrected chi connectivity index (χ3v) is 2.76. The molecule has 0 heterocycles. The van der Waals surface area contributed by atoms with Gasteiger partial charge in [0.25, 0.3) is 0 Å². The molecule has 0 aliphatic rings. The van der Waals surface area contributed by atoms with Crippen molar-refractivity contribution in [3.63, 3.8) is 0 Å². The van der Waals surface area contributed by atoms with E-state index < -0.39 is 35.8 Å². The Kier molecular flexibility index (Phi) is 6.77. The van der Waals surface area contributed by atoms with Crippen molar-refractivity contribution in [1.29, 1.82) is 0 Å². The molecule has 0 aromatic heterocycles.